The van der Waals surface area contributed by atoms with Crippen LogP contribution in [0.5, 0.6) is 0 Å². The van der Waals surface area contributed by atoms with Crippen molar-refractivity contribution >= 4 is 33.8 Å². The quantitative estimate of drug-likeness (QED) is 0.637. The summed E-state index contributed by atoms with van der Waals surface area (Å²) in [6, 6.07) is 21.7. The predicted octanol–water partition coefficient (Wildman–Crippen LogP) is 4.97. The van der Waals surface area contributed by atoms with Crippen LogP contribution in [0.4, 0.5) is 5.69 Å². The average molecular weight is 390 g/mol. The summed E-state index contributed by atoms with van der Waals surface area (Å²) in [4.78, 5) is 4.81. The molecule has 0 amide bonds. The Morgan fingerprint density at radius 3 is 2.32 bits per heavy atom. The van der Waals surface area contributed by atoms with Crippen molar-refractivity contribution in [2.24, 2.45) is 0 Å². The molecule has 3 aromatic rings. The molecule has 1 saturated heterocycles. The number of piperazine rings is 1. The van der Waals surface area contributed by atoms with E-state index in [1.165, 1.54) is 27.5 Å². The van der Waals surface area contributed by atoms with Crippen LogP contribution in [0.3, 0.4) is 0 Å². The molecule has 3 nitrogen and oxygen atoms in total. The molecule has 1 fully saturated rings. The Kier molecular flexibility index (Phi) is 5.60. The van der Waals surface area contributed by atoms with Crippen molar-refractivity contribution in [3.8, 4) is 0 Å². The minimum atomic E-state index is 0.829. The topological polar surface area (TPSA) is 18.5 Å². The van der Waals surface area contributed by atoms with E-state index in [-0.39, 0.29) is 0 Å². The number of anilines is 1. The van der Waals surface area contributed by atoms with Gasteiger partial charge in [0.25, 0.3) is 0 Å². The maximum absolute atomic E-state index is 5.67. The van der Waals surface area contributed by atoms with Crippen LogP contribution in [0.2, 0.25) is 0 Å². The smallest absolute Gasteiger partial charge is 0.173 e. The normalized spacial score (nSPS) is 15.0. The van der Waals surface area contributed by atoms with Gasteiger partial charge in [-0.1, -0.05) is 48.5 Å². The van der Waals surface area contributed by atoms with Crippen molar-refractivity contribution < 1.29 is 0 Å². The summed E-state index contributed by atoms with van der Waals surface area (Å²) in [6.45, 7) is 9.20. The maximum Gasteiger partial charge on any atom is 0.173 e. The molecule has 0 atom stereocenters. The molecule has 1 heterocycles. The van der Waals surface area contributed by atoms with E-state index in [1.54, 1.807) is 0 Å². The number of aryl methyl sites for hydroxylation is 2. The number of thiocarbonyl (C=S) groups is 1. The summed E-state index contributed by atoms with van der Waals surface area (Å²) in [7, 11) is 0. The fourth-order valence-corrected chi connectivity index (χ4v) is 4.33. The van der Waals surface area contributed by atoms with E-state index in [1.807, 2.05) is 0 Å². The minimum absolute atomic E-state index is 0.829. The van der Waals surface area contributed by atoms with Crippen molar-refractivity contribution in [2.45, 2.75) is 20.4 Å². The Morgan fingerprint density at radius 1 is 0.893 bits per heavy atom. The number of fused-ring (bicyclic) bond motifs is 1. The number of hydrogen-bond donors (Lipinski definition) is 1. The first-order chi connectivity index (χ1) is 13.6. The van der Waals surface area contributed by atoms with E-state index in [0.29, 0.717) is 0 Å². The van der Waals surface area contributed by atoms with E-state index >= 15 is 0 Å². The minimum Gasteiger partial charge on any atom is -0.346 e. The van der Waals surface area contributed by atoms with Gasteiger partial charge in [0, 0.05) is 38.4 Å². The number of rotatable bonds is 3. The predicted molar refractivity (Wildman–Crippen MR) is 123 cm³/mol. The van der Waals surface area contributed by atoms with Crippen LogP contribution in [-0.2, 0) is 6.54 Å². The number of benzene rings is 3. The molecule has 0 spiro atoms. The fourth-order valence-electron chi connectivity index (χ4n) is 4.03. The lowest BCUT2D eigenvalue weighted by atomic mass is 10.0. The molecule has 1 N–H and O–H groups in total. The second kappa shape index (κ2) is 8.29. The van der Waals surface area contributed by atoms with Gasteiger partial charge < -0.3 is 10.2 Å². The zero-order valence-corrected chi connectivity index (χ0v) is 17.4. The Bertz CT molecular complexity index is 965. The number of nitrogens with zero attached hydrogens (tertiary/aromatic N) is 2. The van der Waals surface area contributed by atoms with Gasteiger partial charge in [-0.05, 0) is 65.7 Å². The van der Waals surface area contributed by atoms with E-state index in [4.69, 9.17) is 12.2 Å². The van der Waals surface area contributed by atoms with E-state index in [9.17, 15) is 0 Å². The highest BCUT2D eigenvalue weighted by molar-refractivity contribution is 7.80. The lowest BCUT2D eigenvalue weighted by Crippen LogP contribution is -2.49. The second-order valence-electron chi connectivity index (χ2n) is 7.71. The lowest BCUT2D eigenvalue weighted by Gasteiger charge is -2.36. The molecule has 4 heteroatoms. The van der Waals surface area contributed by atoms with Crippen molar-refractivity contribution in [3.05, 3.63) is 77.4 Å². The van der Waals surface area contributed by atoms with Gasteiger partial charge in [-0.3, -0.25) is 4.90 Å². The van der Waals surface area contributed by atoms with Gasteiger partial charge in [0.05, 0.1) is 0 Å². The van der Waals surface area contributed by atoms with Crippen LogP contribution in [0.15, 0.2) is 60.7 Å². The average Bonchev–Trinajstić information content (AvgIpc) is 2.68. The summed E-state index contributed by atoms with van der Waals surface area (Å²) in [5, 5.41) is 6.93. The first-order valence-electron chi connectivity index (χ1n) is 9.92. The molecule has 0 aliphatic carbocycles. The monoisotopic (exact) mass is 389 g/mol. The van der Waals surface area contributed by atoms with Gasteiger partial charge in [0.1, 0.15) is 0 Å². The van der Waals surface area contributed by atoms with E-state index < -0.39 is 0 Å². The van der Waals surface area contributed by atoms with Gasteiger partial charge in [0.15, 0.2) is 5.11 Å². The number of nitrogens with one attached hydrogen (secondary N) is 1. The lowest BCUT2D eigenvalue weighted by molar-refractivity contribution is 0.177. The largest absolute Gasteiger partial charge is 0.346 e. The third kappa shape index (κ3) is 4.34. The van der Waals surface area contributed by atoms with Crippen LogP contribution in [0, 0.1) is 13.8 Å². The maximum atomic E-state index is 5.67. The third-order valence-corrected chi connectivity index (χ3v) is 5.77. The zero-order chi connectivity index (χ0) is 19.5. The van der Waals surface area contributed by atoms with Crippen molar-refractivity contribution in [2.75, 3.05) is 31.5 Å². The third-order valence-electron chi connectivity index (χ3n) is 5.41. The van der Waals surface area contributed by atoms with Crippen LogP contribution >= 0.6 is 12.2 Å². The molecule has 4 rings (SSSR count). The van der Waals surface area contributed by atoms with E-state index in [0.717, 1.165) is 43.5 Å². The van der Waals surface area contributed by atoms with Crippen LogP contribution in [0.25, 0.3) is 10.8 Å². The summed E-state index contributed by atoms with van der Waals surface area (Å²) < 4.78 is 0. The molecule has 144 valence electrons. The van der Waals surface area contributed by atoms with Crippen molar-refractivity contribution in [1.29, 1.82) is 0 Å². The summed E-state index contributed by atoms with van der Waals surface area (Å²) in [6.07, 6.45) is 0. The van der Waals surface area contributed by atoms with Crippen LogP contribution in [-0.4, -0.2) is 41.1 Å². The van der Waals surface area contributed by atoms with Gasteiger partial charge in [-0.2, -0.15) is 0 Å². The Balaban J connectivity index is 1.36. The summed E-state index contributed by atoms with van der Waals surface area (Å²) in [5.74, 6) is 0. The Labute approximate surface area is 173 Å². The van der Waals surface area contributed by atoms with Crippen molar-refractivity contribution in [1.82, 2.24) is 9.80 Å². The molecule has 0 saturated carbocycles. The summed E-state index contributed by atoms with van der Waals surface area (Å²) in [5.41, 5.74) is 5.00. The Hall–Kier alpha value is -2.43. The van der Waals surface area contributed by atoms with Crippen molar-refractivity contribution in [3.63, 3.8) is 0 Å². The fraction of sp³-hybridized carbons (Fsp3) is 0.292. The highest BCUT2D eigenvalue weighted by Gasteiger charge is 2.19. The van der Waals surface area contributed by atoms with Gasteiger partial charge in [-0.25, -0.2) is 0 Å². The molecule has 0 aromatic heterocycles. The molecule has 1 aliphatic heterocycles. The van der Waals surface area contributed by atoms with Crippen LogP contribution in [0.1, 0.15) is 16.7 Å². The number of hydrogen-bond acceptors (Lipinski definition) is 2. The first-order valence-corrected chi connectivity index (χ1v) is 10.3. The van der Waals surface area contributed by atoms with Gasteiger partial charge in [0.2, 0.25) is 0 Å². The molecule has 28 heavy (non-hydrogen) atoms. The molecule has 0 bridgehead atoms. The molecule has 1 aliphatic rings. The summed E-state index contributed by atoms with van der Waals surface area (Å²) >= 11 is 5.67. The standard InChI is InChI=1S/C24H27N3S/c1-18-14-19(2)16-22(15-18)25-24(28)27-12-10-26(11-13-27)17-21-8-5-7-20-6-3-4-9-23(20)21/h3-9,14-16H,10-13,17H2,1-2H3,(H,25,28). The zero-order valence-electron chi connectivity index (χ0n) is 16.6. The SMILES string of the molecule is Cc1cc(C)cc(NC(=S)N2CCN(Cc3cccc4ccccc34)CC2)c1. The van der Waals surface area contributed by atoms with Gasteiger partial charge in [-0.15, -0.1) is 0 Å². The highest BCUT2D eigenvalue weighted by Crippen LogP contribution is 2.21. The molecule has 0 radical (unpaired) electrons. The molecular weight excluding hydrogens is 362 g/mol. The molecule has 3 aromatic carbocycles. The highest BCUT2D eigenvalue weighted by atomic mass is 32.1. The molecular formula is C24H27N3S. The van der Waals surface area contributed by atoms with Gasteiger partial charge >= 0.3 is 0 Å². The van der Waals surface area contributed by atoms with E-state index in [2.05, 4.69) is 89.6 Å². The second-order valence-corrected chi connectivity index (χ2v) is 8.09. The Morgan fingerprint density at radius 2 is 1.57 bits per heavy atom. The first kappa shape index (κ1) is 18.9. The van der Waals surface area contributed by atoms with Crippen LogP contribution < -0.4 is 5.32 Å². The molecule has 0 unspecified atom stereocenters.